The normalized spacial score (nSPS) is 20.3. The average molecular weight is 534 g/mol. The van der Waals surface area contributed by atoms with E-state index in [1.807, 2.05) is 55.5 Å². The Morgan fingerprint density at radius 1 is 1.08 bits per heavy atom. The molecule has 0 aliphatic carbocycles. The van der Waals surface area contributed by atoms with Gasteiger partial charge < -0.3 is 14.6 Å². The minimum absolute atomic E-state index is 0.0150. The molecule has 5 rings (SSSR count). The summed E-state index contributed by atoms with van der Waals surface area (Å²) in [6, 6.07) is 21.1. The fourth-order valence-corrected chi connectivity index (χ4v) is 5.92. The number of thiol groups is 1. The molecule has 1 N–H and O–H groups in total. The van der Waals surface area contributed by atoms with Crippen LogP contribution in [0.1, 0.15) is 55.5 Å². The van der Waals surface area contributed by atoms with Crippen LogP contribution < -0.4 is 9.47 Å². The first-order valence-corrected chi connectivity index (χ1v) is 14.5. The van der Waals surface area contributed by atoms with Crippen molar-refractivity contribution in [3.05, 3.63) is 89.0 Å². The van der Waals surface area contributed by atoms with Crippen molar-refractivity contribution in [3.8, 4) is 17.2 Å². The van der Waals surface area contributed by atoms with Crippen LogP contribution in [0.15, 0.2) is 66.7 Å². The lowest BCUT2D eigenvalue weighted by atomic mass is 9.86. The lowest BCUT2D eigenvalue weighted by Crippen LogP contribution is -2.35. The topological polar surface area (TPSA) is 76.1 Å². The molecule has 3 aromatic rings. The summed E-state index contributed by atoms with van der Waals surface area (Å²) in [5.74, 6) is 2.48. The van der Waals surface area contributed by atoms with Gasteiger partial charge >= 0.3 is 0 Å². The van der Waals surface area contributed by atoms with Gasteiger partial charge in [-0.15, -0.1) is 0 Å². The number of hydrogen-bond acceptors (Lipinski definition) is 6. The van der Waals surface area contributed by atoms with Crippen molar-refractivity contribution < 1.29 is 23.0 Å². The third kappa shape index (κ3) is 5.74. The molecule has 3 aromatic carbocycles. The van der Waals surface area contributed by atoms with E-state index in [1.165, 1.54) is 6.42 Å². The third-order valence-electron chi connectivity index (χ3n) is 7.61. The highest BCUT2D eigenvalue weighted by Crippen LogP contribution is 2.47. The molecule has 2 aliphatic rings. The summed E-state index contributed by atoms with van der Waals surface area (Å²) in [4.78, 5) is 2.49. The number of likely N-dealkylation sites (tertiary alicyclic amines) is 1. The molecule has 200 valence electrons. The Labute approximate surface area is 226 Å². The first-order chi connectivity index (χ1) is 18.3. The van der Waals surface area contributed by atoms with Gasteiger partial charge in [0.1, 0.15) is 40.7 Å². The molecular formula is C31H35NO5S. The molecule has 2 aliphatic heterocycles. The number of phenolic OH excluding ortho intramolecular Hbond substituents is 1. The van der Waals surface area contributed by atoms with Crippen LogP contribution in [0.2, 0.25) is 0 Å². The molecule has 38 heavy (non-hydrogen) atoms. The average Bonchev–Trinajstić information content (AvgIpc) is 3.34. The van der Waals surface area contributed by atoms with Crippen LogP contribution in [0.25, 0.3) is 11.1 Å². The van der Waals surface area contributed by atoms with Gasteiger partial charge in [-0.05, 0) is 85.3 Å². The minimum atomic E-state index is -2.49. The summed E-state index contributed by atoms with van der Waals surface area (Å²) in [6.07, 6.45) is 0.882. The number of ether oxygens (including phenoxy) is 2. The van der Waals surface area contributed by atoms with E-state index in [4.69, 9.17) is 9.47 Å². The van der Waals surface area contributed by atoms with Crippen LogP contribution in [-0.4, -0.2) is 44.2 Å². The van der Waals surface area contributed by atoms with Crippen molar-refractivity contribution in [1.29, 1.82) is 0 Å². The lowest BCUT2D eigenvalue weighted by Gasteiger charge is -2.31. The first-order valence-electron chi connectivity index (χ1n) is 13.2. The van der Waals surface area contributed by atoms with Gasteiger partial charge in [-0.1, -0.05) is 43.3 Å². The second-order valence-corrected chi connectivity index (χ2v) is 11.5. The van der Waals surface area contributed by atoms with E-state index in [0.29, 0.717) is 18.4 Å². The highest BCUT2D eigenvalue weighted by atomic mass is 32.2. The van der Waals surface area contributed by atoms with Crippen molar-refractivity contribution >= 4 is 21.9 Å². The number of rotatable bonds is 8. The maximum Gasteiger partial charge on any atom is 0.150 e. The smallest absolute Gasteiger partial charge is 0.150 e. The summed E-state index contributed by atoms with van der Waals surface area (Å²) in [6.45, 7) is 9.46. The molecule has 3 unspecified atom stereocenters. The van der Waals surface area contributed by atoms with Crippen LogP contribution in [0.3, 0.4) is 0 Å². The molecule has 0 aromatic heterocycles. The molecular weight excluding hydrogens is 498 g/mol. The van der Waals surface area contributed by atoms with Gasteiger partial charge in [-0.3, -0.25) is 4.90 Å². The van der Waals surface area contributed by atoms with Crippen molar-refractivity contribution in [2.75, 3.05) is 19.7 Å². The molecule has 3 atom stereocenters. The number of nitrogens with zero attached hydrogens (tertiary/aromatic N) is 1. The largest absolute Gasteiger partial charge is 0.508 e. The van der Waals surface area contributed by atoms with Crippen molar-refractivity contribution in [3.63, 3.8) is 0 Å². The molecule has 0 spiro atoms. The van der Waals surface area contributed by atoms with E-state index in [9.17, 15) is 13.5 Å². The Bertz CT molecular complexity index is 1390. The maximum atomic E-state index is 11.2. The van der Waals surface area contributed by atoms with Gasteiger partial charge in [-0.2, -0.15) is 0 Å². The highest BCUT2D eigenvalue weighted by Gasteiger charge is 2.30. The highest BCUT2D eigenvalue weighted by molar-refractivity contribution is 7.71. The summed E-state index contributed by atoms with van der Waals surface area (Å²) in [5.41, 5.74) is 5.50. The van der Waals surface area contributed by atoms with Crippen molar-refractivity contribution in [1.82, 2.24) is 4.90 Å². The molecule has 0 saturated carbocycles. The SMILES string of the molecule is CC1=C(c2ccc(C[SH](=O)=O)cc2)C(c2ccc(OCC(C)N3CCC(C)C3)cc2)Oc2ccc(O)cc21. The van der Waals surface area contributed by atoms with Crippen LogP contribution in [0.5, 0.6) is 17.2 Å². The number of allylic oxidation sites excluding steroid dienone is 1. The quantitative estimate of drug-likeness (QED) is 0.363. The minimum Gasteiger partial charge on any atom is -0.508 e. The molecule has 2 heterocycles. The zero-order chi connectivity index (χ0) is 26.8. The zero-order valence-electron chi connectivity index (χ0n) is 22.1. The van der Waals surface area contributed by atoms with Gasteiger partial charge in [-0.25, -0.2) is 8.42 Å². The number of benzene rings is 3. The second-order valence-electron chi connectivity index (χ2n) is 10.5. The number of fused-ring (bicyclic) bond motifs is 1. The molecule has 1 fully saturated rings. The Morgan fingerprint density at radius 3 is 2.47 bits per heavy atom. The van der Waals surface area contributed by atoms with E-state index < -0.39 is 10.7 Å². The number of hydrogen-bond donors (Lipinski definition) is 2. The zero-order valence-corrected chi connectivity index (χ0v) is 23.0. The Hall–Kier alpha value is -3.29. The fourth-order valence-electron chi connectivity index (χ4n) is 5.41. The predicted octanol–water partition coefficient (Wildman–Crippen LogP) is 5.68. The van der Waals surface area contributed by atoms with Crippen LogP contribution >= 0.6 is 0 Å². The molecule has 0 radical (unpaired) electrons. The van der Waals surface area contributed by atoms with Crippen molar-refractivity contribution in [2.45, 2.75) is 45.1 Å². The van der Waals surface area contributed by atoms with Crippen LogP contribution in [0.4, 0.5) is 0 Å². The Morgan fingerprint density at radius 2 is 1.82 bits per heavy atom. The van der Waals surface area contributed by atoms with E-state index in [-0.39, 0.29) is 17.6 Å². The maximum absolute atomic E-state index is 11.2. The predicted molar refractivity (Wildman–Crippen MR) is 151 cm³/mol. The fraction of sp³-hybridized carbons (Fsp3) is 0.355. The van der Waals surface area contributed by atoms with Gasteiger partial charge in [0.25, 0.3) is 0 Å². The molecule has 0 bridgehead atoms. The molecule has 7 heteroatoms. The van der Waals surface area contributed by atoms with E-state index >= 15 is 0 Å². The summed E-state index contributed by atoms with van der Waals surface area (Å²) in [7, 11) is -2.49. The number of phenols is 1. The summed E-state index contributed by atoms with van der Waals surface area (Å²) < 4.78 is 35.0. The Balaban J connectivity index is 1.41. The standard InChI is InChI=1S/C31H35NO5S/c1-20-14-15-32(17-20)21(2)18-36-27-11-8-25(9-12-27)31-30(24-6-4-23(5-7-24)19-38(34)35)22(3)28-16-26(33)10-13-29(28)37-31/h4-13,16,20-21,31,33,38H,14-15,17-19H2,1-3H3. The van der Waals surface area contributed by atoms with Gasteiger partial charge in [0.2, 0.25) is 0 Å². The Kier molecular flexibility index (Phi) is 7.77. The number of aromatic hydroxyl groups is 1. The van der Waals surface area contributed by atoms with E-state index in [2.05, 4.69) is 18.7 Å². The van der Waals surface area contributed by atoms with Gasteiger partial charge in [0.05, 0.1) is 5.75 Å². The second kappa shape index (κ2) is 11.2. The van der Waals surface area contributed by atoms with Crippen molar-refractivity contribution in [2.24, 2.45) is 5.92 Å². The monoisotopic (exact) mass is 533 g/mol. The van der Waals surface area contributed by atoms with Crippen LogP contribution in [-0.2, 0) is 16.5 Å². The summed E-state index contributed by atoms with van der Waals surface area (Å²) >= 11 is 0. The molecule has 6 nitrogen and oxygen atoms in total. The molecule has 1 saturated heterocycles. The third-order valence-corrected chi connectivity index (χ3v) is 8.23. The van der Waals surface area contributed by atoms with Crippen LogP contribution in [0, 0.1) is 5.92 Å². The van der Waals surface area contributed by atoms with Gasteiger partial charge in [0, 0.05) is 23.7 Å². The van der Waals surface area contributed by atoms with E-state index in [0.717, 1.165) is 58.2 Å². The summed E-state index contributed by atoms with van der Waals surface area (Å²) in [5, 5.41) is 10.1. The first kappa shape index (κ1) is 26.3. The lowest BCUT2D eigenvalue weighted by molar-refractivity contribution is 0.169. The van der Waals surface area contributed by atoms with E-state index in [1.54, 1.807) is 18.2 Å². The molecule has 0 amide bonds. The van der Waals surface area contributed by atoms with Gasteiger partial charge in [0.15, 0.2) is 0 Å².